The zero-order valence-electron chi connectivity index (χ0n) is 21.5. The standard InChI is InChI=1S/C32H37N3O2/c36-31(22-4-2-1-3-5-22)34-26-9-6-21(7-10-26)28-18-33-29-11-8-23(17-27(28)29)32(37)35-30-24-13-19-12-20(15-24)16-25(30)14-19/h6-11,17-20,22,24-25,30,33H,1-5,12-16H2,(H,34,36)(H,35,37). The minimum Gasteiger partial charge on any atom is -0.361 e. The summed E-state index contributed by atoms with van der Waals surface area (Å²) in [6, 6.07) is 14.4. The Morgan fingerprint density at radius 2 is 1.51 bits per heavy atom. The highest BCUT2D eigenvalue weighted by atomic mass is 16.2. The van der Waals surface area contributed by atoms with Crippen LogP contribution in [0.1, 0.15) is 74.6 Å². The minimum atomic E-state index is 0.0623. The molecule has 0 atom stereocenters. The van der Waals surface area contributed by atoms with E-state index in [0.717, 1.165) is 70.8 Å². The van der Waals surface area contributed by atoms with E-state index in [2.05, 4.69) is 27.8 Å². The van der Waals surface area contributed by atoms with Crippen molar-refractivity contribution in [2.45, 2.75) is 70.3 Å². The van der Waals surface area contributed by atoms with Gasteiger partial charge in [-0.1, -0.05) is 31.4 Å². The number of carbonyl (C=O) groups excluding carboxylic acids is 2. The molecule has 2 amide bonds. The average molecular weight is 496 g/mol. The molecule has 5 aliphatic rings. The number of hydrogen-bond donors (Lipinski definition) is 3. The van der Waals surface area contributed by atoms with Crippen molar-refractivity contribution < 1.29 is 9.59 Å². The van der Waals surface area contributed by atoms with Crippen LogP contribution in [-0.2, 0) is 4.79 Å². The molecule has 0 saturated heterocycles. The summed E-state index contributed by atoms with van der Waals surface area (Å²) in [6.45, 7) is 0. The molecular weight excluding hydrogens is 458 g/mol. The first-order chi connectivity index (χ1) is 18.1. The van der Waals surface area contributed by atoms with Gasteiger partial charge in [0.25, 0.3) is 5.91 Å². The van der Waals surface area contributed by atoms with Gasteiger partial charge in [-0.3, -0.25) is 9.59 Å². The third kappa shape index (κ3) is 4.36. The van der Waals surface area contributed by atoms with Crippen LogP contribution in [0.15, 0.2) is 48.7 Å². The topological polar surface area (TPSA) is 74.0 Å². The highest BCUT2D eigenvalue weighted by molar-refractivity contribution is 6.03. The molecule has 0 unspecified atom stereocenters. The lowest BCUT2D eigenvalue weighted by atomic mass is 9.54. The average Bonchev–Trinajstić information content (AvgIpc) is 3.34. The number of amides is 2. The fourth-order valence-corrected chi connectivity index (χ4v) is 8.24. The number of hydrogen-bond acceptors (Lipinski definition) is 2. The first-order valence-corrected chi connectivity index (χ1v) is 14.4. The van der Waals surface area contributed by atoms with Gasteiger partial charge in [-0.05, 0) is 105 Å². The molecular formula is C32H37N3O2. The van der Waals surface area contributed by atoms with Crippen LogP contribution in [0.2, 0.25) is 0 Å². The van der Waals surface area contributed by atoms with Crippen molar-refractivity contribution in [3.63, 3.8) is 0 Å². The number of anilines is 1. The maximum Gasteiger partial charge on any atom is 0.251 e. The van der Waals surface area contributed by atoms with E-state index in [4.69, 9.17) is 0 Å². The van der Waals surface area contributed by atoms with Crippen molar-refractivity contribution in [3.8, 4) is 11.1 Å². The SMILES string of the molecule is O=C(NC1C2CC3CC(C2)CC1C3)c1ccc2[nH]cc(-c3ccc(NC(=O)C4CCCCC4)cc3)c2c1. The molecule has 8 rings (SSSR count). The van der Waals surface area contributed by atoms with Crippen LogP contribution >= 0.6 is 0 Å². The lowest BCUT2D eigenvalue weighted by Crippen LogP contribution is -2.55. The van der Waals surface area contributed by atoms with E-state index in [9.17, 15) is 9.59 Å². The van der Waals surface area contributed by atoms with Crippen LogP contribution < -0.4 is 10.6 Å². The Bertz CT molecular complexity index is 1290. The molecule has 37 heavy (non-hydrogen) atoms. The highest BCUT2D eigenvalue weighted by Gasteiger charge is 2.48. The maximum absolute atomic E-state index is 13.4. The van der Waals surface area contributed by atoms with Crippen LogP contribution in [-0.4, -0.2) is 22.8 Å². The molecule has 0 aliphatic heterocycles. The van der Waals surface area contributed by atoms with Crippen LogP contribution in [0.5, 0.6) is 0 Å². The molecule has 3 aromatic rings. The van der Waals surface area contributed by atoms with Gasteiger partial charge in [0.15, 0.2) is 0 Å². The minimum absolute atomic E-state index is 0.0623. The normalized spacial score (nSPS) is 28.9. The second-order valence-corrected chi connectivity index (χ2v) is 12.3. The second kappa shape index (κ2) is 9.34. The number of nitrogens with one attached hydrogen (secondary N) is 3. The van der Waals surface area contributed by atoms with E-state index in [0.29, 0.717) is 17.9 Å². The van der Waals surface area contributed by atoms with Crippen molar-refractivity contribution in [2.75, 3.05) is 5.32 Å². The van der Waals surface area contributed by atoms with Crippen molar-refractivity contribution >= 4 is 28.4 Å². The third-order valence-electron chi connectivity index (χ3n) is 9.91. The van der Waals surface area contributed by atoms with Gasteiger partial charge < -0.3 is 15.6 Å². The van der Waals surface area contributed by atoms with Crippen LogP contribution in [0.3, 0.4) is 0 Å². The van der Waals surface area contributed by atoms with Gasteiger partial charge in [0.05, 0.1) is 0 Å². The predicted molar refractivity (Wildman–Crippen MR) is 147 cm³/mol. The number of rotatable bonds is 5. The first-order valence-electron chi connectivity index (χ1n) is 14.4. The Morgan fingerprint density at radius 1 is 0.811 bits per heavy atom. The van der Waals surface area contributed by atoms with Gasteiger partial charge in [0.2, 0.25) is 5.91 Å². The molecule has 5 fully saturated rings. The van der Waals surface area contributed by atoms with E-state index < -0.39 is 0 Å². The van der Waals surface area contributed by atoms with Crippen molar-refractivity contribution in [1.82, 2.24) is 10.3 Å². The molecule has 5 saturated carbocycles. The predicted octanol–water partition coefficient (Wildman–Crippen LogP) is 6.91. The maximum atomic E-state index is 13.4. The summed E-state index contributed by atoms with van der Waals surface area (Å²) in [7, 11) is 0. The smallest absolute Gasteiger partial charge is 0.251 e. The van der Waals surface area contributed by atoms with Crippen LogP contribution in [0.25, 0.3) is 22.0 Å². The van der Waals surface area contributed by atoms with Crippen molar-refractivity contribution in [2.24, 2.45) is 29.6 Å². The molecule has 2 aromatic carbocycles. The molecule has 3 N–H and O–H groups in total. The molecule has 0 radical (unpaired) electrons. The van der Waals surface area contributed by atoms with Crippen molar-refractivity contribution in [3.05, 3.63) is 54.2 Å². The van der Waals surface area contributed by atoms with Gasteiger partial charge in [-0.2, -0.15) is 0 Å². The fraction of sp³-hybridized carbons (Fsp3) is 0.500. The summed E-state index contributed by atoms with van der Waals surface area (Å²) in [5.74, 6) is 3.50. The Labute approximate surface area is 218 Å². The zero-order chi connectivity index (χ0) is 24.9. The quantitative estimate of drug-likeness (QED) is 0.360. The number of H-pyrrole nitrogens is 1. The monoisotopic (exact) mass is 495 g/mol. The third-order valence-corrected chi connectivity index (χ3v) is 9.91. The Hall–Kier alpha value is -3.08. The van der Waals surface area contributed by atoms with Crippen LogP contribution in [0.4, 0.5) is 5.69 Å². The Kier molecular flexibility index (Phi) is 5.82. The Balaban J connectivity index is 1.07. The van der Waals surface area contributed by atoms with Crippen LogP contribution in [0, 0.1) is 29.6 Å². The lowest BCUT2D eigenvalue weighted by molar-refractivity contribution is -0.120. The second-order valence-electron chi connectivity index (χ2n) is 12.3. The van der Waals surface area contributed by atoms with Gasteiger partial charge in [-0.25, -0.2) is 0 Å². The van der Waals surface area contributed by atoms with Gasteiger partial charge in [-0.15, -0.1) is 0 Å². The first kappa shape index (κ1) is 23.1. The number of fused-ring (bicyclic) bond motifs is 1. The Morgan fingerprint density at radius 3 is 2.22 bits per heavy atom. The summed E-state index contributed by atoms with van der Waals surface area (Å²) in [6.07, 6.45) is 14.2. The number of aromatic nitrogens is 1. The van der Waals surface area contributed by atoms with Crippen molar-refractivity contribution in [1.29, 1.82) is 0 Å². The van der Waals surface area contributed by atoms with E-state index >= 15 is 0 Å². The number of aromatic amines is 1. The van der Waals surface area contributed by atoms with E-state index in [-0.39, 0.29) is 17.7 Å². The summed E-state index contributed by atoms with van der Waals surface area (Å²) >= 11 is 0. The summed E-state index contributed by atoms with van der Waals surface area (Å²) in [5.41, 5.74) is 4.74. The van der Waals surface area contributed by atoms with Gasteiger partial charge in [0.1, 0.15) is 0 Å². The summed E-state index contributed by atoms with van der Waals surface area (Å²) in [5, 5.41) is 7.62. The molecule has 4 bridgehead atoms. The molecule has 0 spiro atoms. The zero-order valence-corrected chi connectivity index (χ0v) is 21.5. The van der Waals surface area contributed by atoms with E-state index in [1.165, 1.54) is 38.5 Å². The molecule has 1 heterocycles. The largest absolute Gasteiger partial charge is 0.361 e. The van der Waals surface area contributed by atoms with E-state index in [1.807, 2.05) is 36.5 Å². The highest BCUT2D eigenvalue weighted by Crippen LogP contribution is 2.53. The molecule has 5 nitrogen and oxygen atoms in total. The summed E-state index contributed by atoms with van der Waals surface area (Å²) < 4.78 is 0. The summed E-state index contributed by atoms with van der Waals surface area (Å²) in [4.78, 5) is 29.4. The van der Waals surface area contributed by atoms with Gasteiger partial charge >= 0.3 is 0 Å². The molecule has 5 heteroatoms. The van der Waals surface area contributed by atoms with Gasteiger partial charge in [0, 0.05) is 45.9 Å². The molecule has 5 aliphatic carbocycles. The lowest BCUT2D eigenvalue weighted by Gasteiger charge is -2.54. The molecule has 192 valence electrons. The number of benzene rings is 2. The number of carbonyl (C=O) groups is 2. The molecule has 1 aromatic heterocycles. The van der Waals surface area contributed by atoms with E-state index in [1.54, 1.807) is 0 Å². The fourth-order valence-electron chi connectivity index (χ4n) is 8.24.